The third-order valence-corrected chi connectivity index (χ3v) is 1.82. The minimum atomic E-state index is -1.05. The van der Waals surface area contributed by atoms with Gasteiger partial charge in [-0.25, -0.2) is 0 Å². The predicted molar refractivity (Wildman–Crippen MR) is 42.1 cm³/mol. The summed E-state index contributed by atoms with van der Waals surface area (Å²) in [4.78, 5) is 19.5. The van der Waals surface area contributed by atoms with E-state index < -0.39 is 21.9 Å². The van der Waals surface area contributed by atoms with Crippen molar-refractivity contribution in [3.63, 3.8) is 0 Å². The van der Waals surface area contributed by atoms with E-state index >= 15 is 0 Å². The molecule has 0 heterocycles. The van der Waals surface area contributed by atoms with Crippen molar-refractivity contribution < 1.29 is 9.85 Å². The number of nitro groups is 2. The lowest BCUT2D eigenvalue weighted by Crippen LogP contribution is -2.38. The first-order chi connectivity index (χ1) is 5.54. The van der Waals surface area contributed by atoms with Crippen LogP contribution < -0.4 is 0 Å². The van der Waals surface area contributed by atoms with Crippen LogP contribution in [0.2, 0.25) is 0 Å². The molecule has 6 heteroatoms. The summed E-state index contributed by atoms with van der Waals surface area (Å²) in [6, 6.07) is -2.10. The summed E-state index contributed by atoms with van der Waals surface area (Å²) in [6.45, 7) is 3.17. The second-order valence-corrected chi connectivity index (χ2v) is 2.52. The molecule has 0 radical (unpaired) electrons. The van der Waals surface area contributed by atoms with E-state index in [1.807, 2.05) is 0 Å². The maximum atomic E-state index is 10.3. The fourth-order valence-corrected chi connectivity index (χ4v) is 1.12. The van der Waals surface area contributed by atoms with Gasteiger partial charge in [-0.15, -0.1) is 0 Å². The van der Waals surface area contributed by atoms with Crippen molar-refractivity contribution >= 4 is 0 Å². The van der Waals surface area contributed by atoms with Gasteiger partial charge in [0.1, 0.15) is 0 Å². The van der Waals surface area contributed by atoms with E-state index in [0.29, 0.717) is 0 Å². The molecule has 0 aliphatic rings. The van der Waals surface area contributed by atoms with E-state index in [-0.39, 0.29) is 12.8 Å². The minimum Gasteiger partial charge on any atom is -0.264 e. The van der Waals surface area contributed by atoms with Gasteiger partial charge in [0.25, 0.3) is 12.1 Å². The van der Waals surface area contributed by atoms with E-state index in [4.69, 9.17) is 0 Å². The Morgan fingerprint density at radius 3 is 1.33 bits per heavy atom. The van der Waals surface area contributed by atoms with E-state index in [9.17, 15) is 20.2 Å². The monoisotopic (exact) mass is 176 g/mol. The zero-order valence-corrected chi connectivity index (χ0v) is 7.10. The van der Waals surface area contributed by atoms with Crippen LogP contribution in [0.4, 0.5) is 0 Å². The molecule has 0 aliphatic heterocycles. The summed E-state index contributed by atoms with van der Waals surface area (Å²) >= 11 is 0. The predicted octanol–water partition coefficient (Wildman–Crippen LogP) is 1.10. The molecule has 0 fully saturated rings. The van der Waals surface area contributed by atoms with Crippen LogP contribution in [-0.2, 0) is 0 Å². The Morgan fingerprint density at radius 2 is 1.25 bits per heavy atom. The molecule has 0 aromatic carbocycles. The first kappa shape index (κ1) is 10.8. The van der Waals surface area contributed by atoms with E-state index in [0.717, 1.165) is 0 Å². The van der Waals surface area contributed by atoms with Gasteiger partial charge >= 0.3 is 0 Å². The van der Waals surface area contributed by atoms with Crippen molar-refractivity contribution in [3.8, 4) is 0 Å². The van der Waals surface area contributed by atoms with Gasteiger partial charge in [0.2, 0.25) is 0 Å². The molecule has 2 unspecified atom stereocenters. The Morgan fingerprint density at radius 1 is 1.00 bits per heavy atom. The highest BCUT2D eigenvalue weighted by molar-refractivity contribution is 4.65. The van der Waals surface area contributed by atoms with Gasteiger partial charge in [0, 0.05) is 22.7 Å². The fourth-order valence-electron chi connectivity index (χ4n) is 1.12. The van der Waals surface area contributed by atoms with Gasteiger partial charge in [-0.3, -0.25) is 20.2 Å². The van der Waals surface area contributed by atoms with Crippen molar-refractivity contribution in [2.75, 3.05) is 0 Å². The topological polar surface area (TPSA) is 86.3 Å². The molecule has 0 spiro atoms. The first-order valence-electron chi connectivity index (χ1n) is 3.81. The summed E-state index contributed by atoms with van der Waals surface area (Å²) in [7, 11) is 0. The fraction of sp³-hybridized carbons (Fsp3) is 1.00. The number of nitrogens with zero attached hydrogens (tertiary/aromatic N) is 2. The normalized spacial score (nSPS) is 15.2. The summed E-state index contributed by atoms with van der Waals surface area (Å²) in [5, 5.41) is 20.7. The molecule has 0 saturated carbocycles. The van der Waals surface area contributed by atoms with Crippen LogP contribution in [0.15, 0.2) is 0 Å². The highest BCUT2D eigenvalue weighted by Gasteiger charge is 2.37. The largest absolute Gasteiger partial charge is 0.278 e. The SMILES string of the molecule is CCC(C(CC)[N+](=O)[O-])[N+](=O)[O-]. The Balaban J connectivity index is 4.44. The second-order valence-electron chi connectivity index (χ2n) is 2.52. The van der Waals surface area contributed by atoms with Crippen LogP contribution in [0.1, 0.15) is 26.7 Å². The zero-order valence-electron chi connectivity index (χ0n) is 7.10. The molecular weight excluding hydrogens is 164 g/mol. The second kappa shape index (κ2) is 4.63. The van der Waals surface area contributed by atoms with Crippen LogP contribution >= 0.6 is 0 Å². The van der Waals surface area contributed by atoms with Crippen molar-refractivity contribution in [2.24, 2.45) is 0 Å². The average molecular weight is 176 g/mol. The highest BCUT2D eigenvalue weighted by Crippen LogP contribution is 2.09. The van der Waals surface area contributed by atoms with Crippen molar-refractivity contribution in [3.05, 3.63) is 20.2 Å². The van der Waals surface area contributed by atoms with Gasteiger partial charge in [-0.1, -0.05) is 13.8 Å². The summed E-state index contributed by atoms with van der Waals surface area (Å²) in [5.74, 6) is 0. The van der Waals surface area contributed by atoms with E-state index in [1.165, 1.54) is 0 Å². The molecule has 0 rings (SSSR count). The van der Waals surface area contributed by atoms with Crippen molar-refractivity contribution in [2.45, 2.75) is 38.8 Å². The lowest BCUT2D eigenvalue weighted by Gasteiger charge is -2.10. The van der Waals surface area contributed by atoms with E-state index in [1.54, 1.807) is 13.8 Å². The lowest BCUT2D eigenvalue weighted by atomic mass is 10.1. The minimum absolute atomic E-state index is 0.201. The first-order valence-corrected chi connectivity index (χ1v) is 3.81. The molecule has 6 nitrogen and oxygen atoms in total. The Labute approximate surface area is 69.9 Å². The standard InChI is InChI=1S/C6H12N2O4/c1-3-5(7(9)10)6(4-2)8(11)12/h5-6H,3-4H2,1-2H3. The van der Waals surface area contributed by atoms with Gasteiger partial charge in [0.05, 0.1) is 0 Å². The van der Waals surface area contributed by atoms with Crippen LogP contribution in [0, 0.1) is 20.2 Å². The molecule has 0 saturated heterocycles. The molecule has 0 aliphatic carbocycles. The highest BCUT2D eigenvalue weighted by atomic mass is 16.6. The van der Waals surface area contributed by atoms with Crippen molar-refractivity contribution in [1.29, 1.82) is 0 Å². The molecule has 0 bridgehead atoms. The van der Waals surface area contributed by atoms with Gasteiger partial charge in [-0.05, 0) is 0 Å². The summed E-state index contributed by atoms with van der Waals surface area (Å²) < 4.78 is 0. The molecule has 0 amide bonds. The molecule has 12 heavy (non-hydrogen) atoms. The smallest absolute Gasteiger partial charge is 0.264 e. The molecule has 70 valence electrons. The molecule has 0 aromatic heterocycles. The van der Waals surface area contributed by atoms with Crippen LogP contribution in [0.25, 0.3) is 0 Å². The average Bonchev–Trinajstić information content (AvgIpc) is 1.98. The Bertz CT molecular complexity index is 162. The molecule has 0 N–H and O–H groups in total. The van der Waals surface area contributed by atoms with Gasteiger partial charge < -0.3 is 0 Å². The lowest BCUT2D eigenvalue weighted by molar-refractivity contribution is -0.617. The van der Waals surface area contributed by atoms with Crippen LogP contribution in [0.3, 0.4) is 0 Å². The zero-order chi connectivity index (χ0) is 9.72. The summed E-state index contributed by atoms with van der Waals surface area (Å²) in [6.07, 6.45) is 0.402. The summed E-state index contributed by atoms with van der Waals surface area (Å²) in [5.41, 5.74) is 0. The number of rotatable bonds is 5. The third-order valence-electron chi connectivity index (χ3n) is 1.82. The Kier molecular flexibility index (Phi) is 4.17. The van der Waals surface area contributed by atoms with Gasteiger partial charge in [-0.2, -0.15) is 0 Å². The quantitative estimate of drug-likeness (QED) is 0.463. The maximum absolute atomic E-state index is 10.3. The van der Waals surface area contributed by atoms with Gasteiger partial charge in [0.15, 0.2) is 0 Å². The molecule has 2 atom stereocenters. The third kappa shape index (κ3) is 2.44. The molecule has 0 aromatic rings. The number of hydrogen-bond acceptors (Lipinski definition) is 4. The maximum Gasteiger partial charge on any atom is 0.278 e. The van der Waals surface area contributed by atoms with E-state index in [2.05, 4.69) is 0 Å². The number of hydrogen-bond donors (Lipinski definition) is 0. The van der Waals surface area contributed by atoms with Crippen LogP contribution in [-0.4, -0.2) is 21.9 Å². The Hall–Kier alpha value is -1.20. The molecular formula is C6H12N2O4. The van der Waals surface area contributed by atoms with Crippen molar-refractivity contribution in [1.82, 2.24) is 0 Å². The van der Waals surface area contributed by atoms with Crippen LogP contribution in [0.5, 0.6) is 0 Å².